The summed E-state index contributed by atoms with van der Waals surface area (Å²) in [4.78, 5) is 14.0. The summed E-state index contributed by atoms with van der Waals surface area (Å²) in [6, 6.07) is 4.82. The van der Waals surface area contributed by atoms with E-state index in [0.717, 1.165) is 13.1 Å². The summed E-state index contributed by atoms with van der Waals surface area (Å²) in [7, 11) is -3.70. The molecular weight excluding hydrogens is 390 g/mol. The maximum atomic E-state index is 13.0. The highest BCUT2D eigenvalue weighted by atomic mass is 32.2. The molecule has 2 atom stereocenters. The largest absolute Gasteiger partial charge is 0.492 e. The van der Waals surface area contributed by atoms with E-state index in [0.29, 0.717) is 49.5 Å². The molecule has 0 aliphatic carbocycles. The lowest BCUT2D eigenvalue weighted by Crippen LogP contribution is -3.15. The zero-order valence-electron chi connectivity index (χ0n) is 18.3. The fourth-order valence-corrected chi connectivity index (χ4v) is 5.88. The van der Waals surface area contributed by atoms with Gasteiger partial charge >= 0.3 is 0 Å². The third kappa shape index (κ3) is 6.17. The quantitative estimate of drug-likeness (QED) is 0.629. The van der Waals surface area contributed by atoms with Crippen molar-refractivity contribution in [3.05, 3.63) is 18.2 Å². The van der Waals surface area contributed by atoms with Gasteiger partial charge in [0.05, 0.1) is 19.7 Å². The first-order chi connectivity index (χ1) is 13.7. The van der Waals surface area contributed by atoms with E-state index in [2.05, 4.69) is 19.2 Å². The summed E-state index contributed by atoms with van der Waals surface area (Å²) in [5.74, 6) is 1.43. The number of hydrogen-bond donors (Lipinski definition) is 2. The van der Waals surface area contributed by atoms with Crippen LogP contribution in [0.3, 0.4) is 0 Å². The van der Waals surface area contributed by atoms with Crippen LogP contribution in [0.25, 0.3) is 0 Å². The average Bonchev–Trinajstić information content (AvgIpc) is 2.63. The van der Waals surface area contributed by atoms with Crippen molar-refractivity contribution in [3.8, 4) is 5.75 Å². The van der Waals surface area contributed by atoms with Crippen molar-refractivity contribution in [3.63, 3.8) is 0 Å². The predicted molar refractivity (Wildman–Crippen MR) is 115 cm³/mol. The first-order valence-corrected chi connectivity index (χ1v) is 12.1. The Morgan fingerprint density at radius 3 is 2.34 bits per heavy atom. The summed E-state index contributed by atoms with van der Waals surface area (Å²) in [6.07, 6.45) is 1.20. The third-order valence-electron chi connectivity index (χ3n) is 5.34. The summed E-state index contributed by atoms with van der Waals surface area (Å²) >= 11 is 0. The Kier molecular flexibility index (Phi) is 8.48. The van der Waals surface area contributed by atoms with Gasteiger partial charge in [-0.25, -0.2) is 8.42 Å². The minimum atomic E-state index is -3.70. The molecule has 2 rings (SSSR count). The fraction of sp³-hybridized carbons (Fsp3) is 0.667. The van der Waals surface area contributed by atoms with Gasteiger partial charge in [0.2, 0.25) is 10.0 Å². The van der Waals surface area contributed by atoms with Gasteiger partial charge in [-0.3, -0.25) is 4.79 Å². The van der Waals surface area contributed by atoms with Gasteiger partial charge in [-0.1, -0.05) is 27.7 Å². The van der Waals surface area contributed by atoms with Gasteiger partial charge in [-0.2, -0.15) is 4.31 Å². The number of nitrogens with zero attached hydrogens (tertiary/aromatic N) is 1. The summed E-state index contributed by atoms with van der Waals surface area (Å²) in [5, 5.41) is 2.88. The number of likely N-dealkylation sites (tertiary alicyclic amines) is 1. The number of carbonyl (C=O) groups is 1. The van der Waals surface area contributed by atoms with E-state index in [-0.39, 0.29) is 10.8 Å². The number of quaternary nitrogens is 1. The second kappa shape index (κ2) is 10.4. The van der Waals surface area contributed by atoms with Crippen molar-refractivity contribution in [1.29, 1.82) is 0 Å². The van der Waals surface area contributed by atoms with Crippen molar-refractivity contribution in [2.24, 2.45) is 11.8 Å². The average molecular weight is 427 g/mol. The van der Waals surface area contributed by atoms with Crippen LogP contribution in [-0.2, 0) is 14.8 Å². The topological polar surface area (TPSA) is 80.1 Å². The molecule has 0 saturated carbocycles. The zero-order chi connectivity index (χ0) is 21.6. The van der Waals surface area contributed by atoms with Crippen LogP contribution in [0.15, 0.2) is 23.1 Å². The molecule has 1 aromatic rings. The molecule has 7 nitrogen and oxygen atoms in total. The molecule has 164 valence electrons. The molecular formula is C21H36N3O4S+. The number of rotatable bonds is 9. The molecule has 0 unspecified atom stereocenters. The van der Waals surface area contributed by atoms with E-state index in [1.807, 2.05) is 6.92 Å². The molecule has 2 N–H and O–H groups in total. The lowest BCUT2D eigenvalue weighted by Gasteiger charge is -2.31. The highest BCUT2D eigenvalue weighted by Crippen LogP contribution is 2.30. The lowest BCUT2D eigenvalue weighted by atomic mass is 9.92. The number of nitrogens with one attached hydrogen (secondary N) is 2. The second-order valence-electron chi connectivity index (χ2n) is 8.01. The summed E-state index contributed by atoms with van der Waals surface area (Å²) in [5.41, 5.74) is 0.474. The van der Waals surface area contributed by atoms with Crippen LogP contribution in [0.2, 0.25) is 0 Å². The number of amides is 1. The fourth-order valence-electron chi connectivity index (χ4n) is 4.26. The van der Waals surface area contributed by atoms with Crippen molar-refractivity contribution >= 4 is 21.6 Å². The van der Waals surface area contributed by atoms with E-state index < -0.39 is 10.0 Å². The minimum absolute atomic E-state index is 0.0911. The molecule has 8 heteroatoms. The molecule has 0 aromatic heterocycles. The molecule has 1 fully saturated rings. The molecule has 29 heavy (non-hydrogen) atoms. The number of ether oxygens (including phenoxy) is 1. The molecule has 0 bridgehead atoms. The smallest absolute Gasteiger partial charge is 0.279 e. The van der Waals surface area contributed by atoms with Crippen LogP contribution in [0.4, 0.5) is 5.69 Å². The van der Waals surface area contributed by atoms with Crippen molar-refractivity contribution in [2.75, 3.05) is 44.6 Å². The van der Waals surface area contributed by atoms with Crippen LogP contribution >= 0.6 is 0 Å². The Morgan fingerprint density at radius 2 is 1.79 bits per heavy atom. The molecule has 1 aromatic carbocycles. The normalized spacial score (nSPS) is 22.5. The maximum absolute atomic E-state index is 13.0. The zero-order valence-corrected chi connectivity index (χ0v) is 19.1. The maximum Gasteiger partial charge on any atom is 0.279 e. The predicted octanol–water partition coefficient (Wildman–Crippen LogP) is 1.62. The Bertz CT molecular complexity index is 783. The van der Waals surface area contributed by atoms with Gasteiger partial charge in [0, 0.05) is 30.6 Å². The van der Waals surface area contributed by atoms with Gasteiger partial charge in [0.25, 0.3) is 5.91 Å². The number of sulfonamides is 1. The van der Waals surface area contributed by atoms with Gasteiger partial charge in [-0.05, 0) is 31.5 Å². The molecule has 1 heterocycles. The van der Waals surface area contributed by atoms with Gasteiger partial charge in [0.1, 0.15) is 10.6 Å². The van der Waals surface area contributed by atoms with Crippen LogP contribution in [0.1, 0.15) is 41.0 Å². The Morgan fingerprint density at radius 1 is 1.17 bits per heavy atom. The van der Waals surface area contributed by atoms with Crippen molar-refractivity contribution in [1.82, 2.24) is 4.31 Å². The lowest BCUT2D eigenvalue weighted by molar-refractivity contribution is -0.904. The number of benzene rings is 1. The van der Waals surface area contributed by atoms with Crippen molar-refractivity contribution < 1.29 is 22.8 Å². The highest BCUT2D eigenvalue weighted by molar-refractivity contribution is 7.89. The first-order valence-electron chi connectivity index (χ1n) is 10.6. The monoisotopic (exact) mass is 426 g/mol. The van der Waals surface area contributed by atoms with Crippen LogP contribution in [-0.4, -0.2) is 58.0 Å². The van der Waals surface area contributed by atoms with Crippen molar-refractivity contribution in [2.45, 2.75) is 45.9 Å². The summed E-state index contributed by atoms with van der Waals surface area (Å²) in [6.45, 7) is 13.3. The van der Waals surface area contributed by atoms with E-state index in [1.54, 1.807) is 26.0 Å². The van der Waals surface area contributed by atoms with E-state index in [4.69, 9.17) is 4.74 Å². The molecule has 0 spiro atoms. The molecule has 1 saturated heterocycles. The number of hydrogen-bond acceptors (Lipinski definition) is 4. The number of carbonyl (C=O) groups excluding carboxylic acids is 1. The third-order valence-corrected chi connectivity index (χ3v) is 7.41. The first kappa shape index (κ1) is 23.6. The highest BCUT2D eigenvalue weighted by Gasteiger charge is 2.28. The second-order valence-corrected chi connectivity index (χ2v) is 9.92. The molecule has 1 amide bonds. The van der Waals surface area contributed by atoms with E-state index >= 15 is 0 Å². The summed E-state index contributed by atoms with van der Waals surface area (Å²) < 4.78 is 33.0. The number of piperidine rings is 1. The van der Waals surface area contributed by atoms with Gasteiger partial charge < -0.3 is 15.0 Å². The SMILES string of the molecule is CCOc1ccc(NC(=O)C[NH+]2C[C@@H](C)C[C@H](C)C2)cc1S(=O)(=O)N(CC)CC. The minimum Gasteiger partial charge on any atom is -0.492 e. The van der Waals surface area contributed by atoms with Crippen LogP contribution in [0, 0.1) is 11.8 Å². The number of anilines is 1. The Balaban J connectivity index is 2.20. The molecule has 0 radical (unpaired) electrons. The Hall–Kier alpha value is -1.64. The van der Waals surface area contributed by atoms with Crippen LogP contribution in [0.5, 0.6) is 5.75 Å². The van der Waals surface area contributed by atoms with Crippen LogP contribution < -0.4 is 15.0 Å². The van der Waals surface area contributed by atoms with Gasteiger partial charge in [-0.15, -0.1) is 0 Å². The Labute approximate surface area is 175 Å². The molecule has 1 aliphatic rings. The van der Waals surface area contributed by atoms with E-state index in [1.165, 1.54) is 21.7 Å². The van der Waals surface area contributed by atoms with Gasteiger partial charge in [0.15, 0.2) is 6.54 Å². The molecule has 1 aliphatic heterocycles. The standard InChI is InChI=1S/C21H35N3O4S/c1-6-24(7-2)29(26,27)20-12-18(9-10-19(20)28-8-3)22-21(25)15-23-13-16(4)11-17(5)14-23/h9-10,12,16-17H,6-8,11,13-15H2,1-5H3,(H,22,25)/p+1/t16-,17-/m0/s1. The van der Waals surface area contributed by atoms with E-state index in [9.17, 15) is 13.2 Å².